The van der Waals surface area contributed by atoms with Crippen LogP contribution >= 0.6 is 34.8 Å². The van der Waals surface area contributed by atoms with Gasteiger partial charge in [-0.1, -0.05) is 83.3 Å². The average molecular weight is 520 g/mol. The molecule has 0 unspecified atom stereocenters. The number of hydrogen-bond donors (Lipinski definition) is 2. The van der Waals surface area contributed by atoms with Crippen LogP contribution in [0.3, 0.4) is 0 Å². The Morgan fingerprint density at radius 1 is 0.853 bits per heavy atom. The number of halogens is 3. The van der Waals surface area contributed by atoms with Gasteiger partial charge in [-0.2, -0.15) is 0 Å². The van der Waals surface area contributed by atoms with E-state index >= 15 is 0 Å². The lowest BCUT2D eigenvalue weighted by atomic mass is 10.0. The Kier molecular flexibility index (Phi) is 8.93. The summed E-state index contributed by atoms with van der Waals surface area (Å²) in [4.78, 5) is 38.0. The molecule has 0 spiro atoms. The molecule has 0 bridgehead atoms. The number of esters is 1. The van der Waals surface area contributed by atoms with Gasteiger partial charge in [0, 0.05) is 0 Å². The molecule has 2 N–H and O–H groups in total. The summed E-state index contributed by atoms with van der Waals surface area (Å²) in [5, 5.41) is 6.16. The van der Waals surface area contributed by atoms with E-state index in [1.165, 1.54) is 6.92 Å². The van der Waals surface area contributed by atoms with E-state index in [4.69, 9.17) is 39.5 Å². The van der Waals surface area contributed by atoms with Crippen molar-refractivity contribution in [3.05, 3.63) is 99.0 Å². The highest BCUT2D eigenvalue weighted by Crippen LogP contribution is 2.29. The Hall–Kier alpha value is -3.06. The molecule has 6 nitrogen and oxygen atoms in total. The molecule has 34 heavy (non-hydrogen) atoms. The third kappa shape index (κ3) is 6.73. The van der Waals surface area contributed by atoms with Crippen molar-refractivity contribution < 1.29 is 19.1 Å². The molecule has 3 aromatic carbocycles. The van der Waals surface area contributed by atoms with E-state index in [9.17, 15) is 14.4 Å². The van der Waals surface area contributed by atoms with E-state index in [0.29, 0.717) is 16.3 Å². The predicted molar refractivity (Wildman–Crippen MR) is 133 cm³/mol. The normalized spacial score (nSPS) is 12.4. The summed E-state index contributed by atoms with van der Waals surface area (Å²) >= 11 is 18.2. The first kappa shape index (κ1) is 25.6. The fourth-order valence-corrected chi connectivity index (χ4v) is 3.69. The maximum Gasteiger partial charge on any atom is 0.309 e. The number of benzene rings is 3. The molecule has 0 heterocycles. The Balaban J connectivity index is 1.68. The summed E-state index contributed by atoms with van der Waals surface area (Å²) in [7, 11) is 0. The number of nitrogens with one attached hydrogen (secondary N) is 2. The molecule has 0 saturated heterocycles. The van der Waals surface area contributed by atoms with Gasteiger partial charge in [-0.15, -0.1) is 0 Å². The van der Waals surface area contributed by atoms with Crippen LogP contribution in [-0.2, 0) is 14.3 Å². The average Bonchev–Trinajstić information content (AvgIpc) is 2.82. The zero-order chi connectivity index (χ0) is 24.7. The van der Waals surface area contributed by atoms with Gasteiger partial charge in [0.1, 0.15) is 0 Å². The third-order valence-electron chi connectivity index (χ3n) is 4.88. The number of amides is 2. The van der Waals surface area contributed by atoms with Gasteiger partial charge in [0.05, 0.1) is 38.8 Å². The van der Waals surface area contributed by atoms with E-state index in [0.717, 1.165) is 0 Å². The van der Waals surface area contributed by atoms with Gasteiger partial charge in [-0.3, -0.25) is 14.4 Å². The Morgan fingerprint density at radius 2 is 1.50 bits per heavy atom. The number of anilines is 1. The number of carbonyl (C=O) groups excluding carboxylic acids is 3. The third-order valence-corrected chi connectivity index (χ3v) is 6.03. The van der Waals surface area contributed by atoms with Crippen molar-refractivity contribution in [3.8, 4) is 0 Å². The largest absolute Gasteiger partial charge is 0.452 e. The molecular weight excluding hydrogens is 499 g/mol. The van der Waals surface area contributed by atoms with E-state index in [1.807, 2.05) is 6.07 Å². The van der Waals surface area contributed by atoms with Crippen LogP contribution < -0.4 is 10.6 Å². The molecule has 9 heteroatoms. The number of hydrogen-bond acceptors (Lipinski definition) is 4. The van der Waals surface area contributed by atoms with Crippen LogP contribution in [0.15, 0.2) is 72.8 Å². The van der Waals surface area contributed by atoms with Crippen LogP contribution in [0, 0.1) is 0 Å². The maximum absolute atomic E-state index is 12.8. The first-order valence-electron chi connectivity index (χ1n) is 10.3. The van der Waals surface area contributed by atoms with Gasteiger partial charge in [-0.05, 0) is 36.8 Å². The fraction of sp³-hybridized carbons (Fsp3) is 0.160. The Bertz CT molecular complexity index is 1190. The predicted octanol–water partition coefficient (Wildman–Crippen LogP) is 6.08. The summed E-state index contributed by atoms with van der Waals surface area (Å²) in [5.41, 5.74) is 1.28. The van der Waals surface area contributed by atoms with Crippen LogP contribution in [0.1, 0.15) is 35.3 Å². The summed E-state index contributed by atoms with van der Waals surface area (Å²) in [5.74, 6) is -1.68. The second kappa shape index (κ2) is 11.9. The highest BCUT2D eigenvalue weighted by atomic mass is 35.5. The summed E-state index contributed by atoms with van der Waals surface area (Å²) in [6, 6.07) is 19.7. The lowest BCUT2D eigenvalue weighted by molar-refractivity contribution is -0.153. The van der Waals surface area contributed by atoms with Crippen molar-refractivity contribution in [2.45, 2.75) is 25.5 Å². The van der Waals surface area contributed by atoms with Crippen molar-refractivity contribution in [1.82, 2.24) is 5.32 Å². The van der Waals surface area contributed by atoms with E-state index in [-0.39, 0.29) is 22.0 Å². The Labute approximate surface area is 212 Å². The summed E-state index contributed by atoms with van der Waals surface area (Å²) in [6.45, 7) is 1.44. The first-order chi connectivity index (χ1) is 16.3. The van der Waals surface area contributed by atoms with Crippen LogP contribution in [0.4, 0.5) is 5.69 Å². The highest BCUT2D eigenvalue weighted by molar-refractivity contribution is 6.44. The molecule has 0 aliphatic heterocycles. The lowest BCUT2D eigenvalue weighted by Gasteiger charge is -2.20. The standard InChI is InChI=1S/C25H21Cl3N2O4/c1-15(24(32)29-20-13-7-12-19(27)23(20)28)34-22(31)14-21(16-8-3-2-4-9-16)30-25(33)17-10-5-6-11-18(17)26/h2-13,15,21H,14H2,1H3,(H,29,32)(H,30,33)/t15-,21-/m1/s1. The molecule has 2 atom stereocenters. The monoisotopic (exact) mass is 518 g/mol. The van der Waals surface area contributed by atoms with Gasteiger partial charge in [0.25, 0.3) is 11.8 Å². The molecule has 0 fully saturated rings. The maximum atomic E-state index is 12.8. The van der Waals surface area contributed by atoms with Gasteiger partial charge in [0.15, 0.2) is 6.10 Å². The van der Waals surface area contributed by atoms with Crippen molar-refractivity contribution in [2.75, 3.05) is 5.32 Å². The van der Waals surface area contributed by atoms with E-state index < -0.39 is 29.9 Å². The van der Waals surface area contributed by atoms with E-state index in [2.05, 4.69) is 10.6 Å². The van der Waals surface area contributed by atoms with Gasteiger partial charge in [-0.25, -0.2) is 0 Å². The second-order valence-corrected chi connectivity index (χ2v) is 8.54. The highest BCUT2D eigenvalue weighted by Gasteiger charge is 2.24. The number of ether oxygens (including phenoxy) is 1. The molecule has 3 rings (SSSR count). The SMILES string of the molecule is C[C@@H](OC(=O)C[C@@H](NC(=O)c1ccccc1Cl)c1ccccc1)C(=O)Nc1cccc(Cl)c1Cl. The van der Waals surface area contributed by atoms with Crippen molar-refractivity contribution in [1.29, 1.82) is 0 Å². The number of carbonyl (C=O) groups is 3. The van der Waals surface area contributed by atoms with E-state index in [1.54, 1.807) is 66.7 Å². The molecule has 0 radical (unpaired) electrons. The van der Waals surface area contributed by atoms with Gasteiger partial charge in [0.2, 0.25) is 0 Å². The minimum atomic E-state index is -1.11. The van der Waals surface area contributed by atoms with Crippen molar-refractivity contribution in [2.24, 2.45) is 0 Å². The molecule has 3 aromatic rings. The van der Waals surface area contributed by atoms with Crippen molar-refractivity contribution in [3.63, 3.8) is 0 Å². The molecule has 0 aromatic heterocycles. The topological polar surface area (TPSA) is 84.5 Å². The van der Waals surface area contributed by atoms with Crippen LogP contribution in [0.25, 0.3) is 0 Å². The van der Waals surface area contributed by atoms with Crippen molar-refractivity contribution >= 4 is 58.3 Å². The quantitative estimate of drug-likeness (QED) is 0.353. The first-order valence-corrected chi connectivity index (χ1v) is 11.4. The molecule has 0 saturated carbocycles. The molecular formula is C25H21Cl3N2O4. The molecule has 176 valence electrons. The van der Waals surface area contributed by atoms with Crippen LogP contribution in [0.5, 0.6) is 0 Å². The second-order valence-electron chi connectivity index (χ2n) is 7.34. The zero-order valence-corrected chi connectivity index (χ0v) is 20.3. The minimum absolute atomic E-state index is 0.183. The molecule has 2 amide bonds. The lowest BCUT2D eigenvalue weighted by Crippen LogP contribution is -2.34. The fourth-order valence-electron chi connectivity index (χ4n) is 3.12. The Morgan fingerprint density at radius 3 is 2.21 bits per heavy atom. The minimum Gasteiger partial charge on any atom is -0.452 e. The zero-order valence-electron chi connectivity index (χ0n) is 18.1. The number of rotatable bonds is 8. The van der Waals surface area contributed by atoms with Gasteiger partial charge < -0.3 is 15.4 Å². The molecule has 0 aliphatic carbocycles. The summed E-state index contributed by atoms with van der Waals surface area (Å²) in [6.07, 6.45) is -1.31. The van der Waals surface area contributed by atoms with Crippen LogP contribution in [0.2, 0.25) is 15.1 Å². The molecule has 0 aliphatic rings. The summed E-state index contributed by atoms with van der Waals surface area (Å²) < 4.78 is 5.31. The van der Waals surface area contributed by atoms with Gasteiger partial charge >= 0.3 is 5.97 Å². The smallest absolute Gasteiger partial charge is 0.309 e. The van der Waals surface area contributed by atoms with Crippen LogP contribution in [-0.4, -0.2) is 23.9 Å².